The fourth-order valence-electron chi connectivity index (χ4n) is 2.33. The highest BCUT2D eigenvalue weighted by Crippen LogP contribution is 2.18. The standard InChI is InChI=1S/C13H24N2O/c1-4-11(5-2)13(9-14)15(3)10-12-7-6-8-16-12/h6-8,11,13H,4-5,9-10,14H2,1-3H3. The summed E-state index contributed by atoms with van der Waals surface area (Å²) in [5.74, 6) is 1.68. The van der Waals surface area contributed by atoms with Crippen molar-refractivity contribution in [2.24, 2.45) is 11.7 Å². The SMILES string of the molecule is CCC(CC)C(CN)N(C)Cc1ccco1. The Morgan fingerprint density at radius 1 is 1.38 bits per heavy atom. The second-order valence-corrected chi connectivity index (χ2v) is 4.37. The summed E-state index contributed by atoms with van der Waals surface area (Å²) >= 11 is 0. The zero-order chi connectivity index (χ0) is 12.0. The lowest BCUT2D eigenvalue weighted by Gasteiger charge is -2.32. The highest BCUT2D eigenvalue weighted by atomic mass is 16.3. The molecule has 0 spiro atoms. The van der Waals surface area contributed by atoms with E-state index in [1.807, 2.05) is 12.1 Å². The molecule has 1 atom stereocenters. The Bertz CT molecular complexity index is 267. The first-order valence-corrected chi connectivity index (χ1v) is 6.15. The Kier molecular flexibility index (Phi) is 5.56. The van der Waals surface area contributed by atoms with Gasteiger partial charge in [-0.25, -0.2) is 0 Å². The van der Waals surface area contributed by atoms with Crippen molar-refractivity contribution in [2.45, 2.75) is 39.3 Å². The first-order chi connectivity index (χ1) is 7.72. The van der Waals surface area contributed by atoms with Gasteiger partial charge in [0.15, 0.2) is 0 Å². The second kappa shape index (κ2) is 6.71. The number of hydrogen-bond acceptors (Lipinski definition) is 3. The average molecular weight is 224 g/mol. The monoisotopic (exact) mass is 224 g/mol. The predicted octanol–water partition coefficient (Wildman–Crippen LogP) is 2.47. The van der Waals surface area contributed by atoms with Gasteiger partial charge in [0.2, 0.25) is 0 Å². The van der Waals surface area contributed by atoms with Crippen molar-refractivity contribution < 1.29 is 4.42 Å². The van der Waals surface area contributed by atoms with Crippen LogP contribution in [0.2, 0.25) is 0 Å². The van der Waals surface area contributed by atoms with Gasteiger partial charge in [-0.3, -0.25) is 4.90 Å². The average Bonchev–Trinajstić information content (AvgIpc) is 2.78. The van der Waals surface area contributed by atoms with Gasteiger partial charge in [0.05, 0.1) is 12.8 Å². The number of nitrogens with zero attached hydrogens (tertiary/aromatic N) is 1. The third kappa shape index (κ3) is 3.35. The predicted molar refractivity (Wildman–Crippen MR) is 67.1 cm³/mol. The zero-order valence-corrected chi connectivity index (χ0v) is 10.6. The van der Waals surface area contributed by atoms with Gasteiger partial charge in [0.25, 0.3) is 0 Å². The van der Waals surface area contributed by atoms with E-state index in [0.29, 0.717) is 18.5 Å². The van der Waals surface area contributed by atoms with Crippen LogP contribution in [0.3, 0.4) is 0 Å². The normalized spacial score (nSPS) is 13.6. The molecule has 0 amide bonds. The van der Waals surface area contributed by atoms with E-state index >= 15 is 0 Å². The van der Waals surface area contributed by atoms with Crippen molar-refractivity contribution in [1.82, 2.24) is 4.90 Å². The Hall–Kier alpha value is -0.800. The first kappa shape index (κ1) is 13.3. The maximum Gasteiger partial charge on any atom is 0.117 e. The molecule has 0 saturated heterocycles. The molecule has 0 bridgehead atoms. The summed E-state index contributed by atoms with van der Waals surface area (Å²) in [4.78, 5) is 2.30. The van der Waals surface area contributed by atoms with Gasteiger partial charge in [-0.2, -0.15) is 0 Å². The molecule has 2 N–H and O–H groups in total. The van der Waals surface area contributed by atoms with Crippen molar-refractivity contribution in [3.8, 4) is 0 Å². The molecule has 0 aromatic carbocycles. The number of rotatable bonds is 7. The smallest absolute Gasteiger partial charge is 0.117 e. The topological polar surface area (TPSA) is 42.4 Å². The van der Waals surface area contributed by atoms with Gasteiger partial charge in [0.1, 0.15) is 5.76 Å². The molecular formula is C13H24N2O. The van der Waals surface area contributed by atoms with Crippen molar-refractivity contribution in [3.63, 3.8) is 0 Å². The van der Waals surface area contributed by atoms with E-state index in [2.05, 4.69) is 25.8 Å². The highest BCUT2D eigenvalue weighted by molar-refractivity contribution is 4.98. The Labute approximate surface area is 98.6 Å². The van der Waals surface area contributed by atoms with Gasteiger partial charge in [-0.05, 0) is 25.1 Å². The van der Waals surface area contributed by atoms with Crippen LogP contribution < -0.4 is 5.73 Å². The first-order valence-electron chi connectivity index (χ1n) is 6.15. The second-order valence-electron chi connectivity index (χ2n) is 4.37. The van der Waals surface area contributed by atoms with Gasteiger partial charge in [-0.1, -0.05) is 26.7 Å². The minimum atomic E-state index is 0.445. The number of furan rings is 1. The maximum atomic E-state index is 5.88. The molecule has 3 nitrogen and oxygen atoms in total. The van der Waals surface area contributed by atoms with Gasteiger partial charge in [0, 0.05) is 12.6 Å². The van der Waals surface area contributed by atoms with E-state index in [0.717, 1.165) is 12.3 Å². The van der Waals surface area contributed by atoms with Crippen molar-refractivity contribution in [1.29, 1.82) is 0 Å². The highest BCUT2D eigenvalue weighted by Gasteiger charge is 2.21. The third-order valence-electron chi connectivity index (χ3n) is 3.39. The molecule has 92 valence electrons. The fourth-order valence-corrected chi connectivity index (χ4v) is 2.33. The molecule has 0 aliphatic heterocycles. The molecular weight excluding hydrogens is 200 g/mol. The summed E-state index contributed by atoms with van der Waals surface area (Å²) in [5.41, 5.74) is 5.88. The molecule has 0 fully saturated rings. The molecule has 0 aliphatic rings. The van der Waals surface area contributed by atoms with Gasteiger partial charge in [-0.15, -0.1) is 0 Å². The summed E-state index contributed by atoms with van der Waals surface area (Å²) in [7, 11) is 2.12. The molecule has 1 aromatic heterocycles. The van der Waals surface area contributed by atoms with Gasteiger partial charge < -0.3 is 10.2 Å². The quantitative estimate of drug-likeness (QED) is 0.773. The van der Waals surface area contributed by atoms with Crippen molar-refractivity contribution >= 4 is 0 Å². The molecule has 0 aliphatic carbocycles. The summed E-state index contributed by atoms with van der Waals surface area (Å²) in [5, 5.41) is 0. The van der Waals surface area contributed by atoms with E-state index in [4.69, 9.17) is 10.2 Å². The summed E-state index contributed by atoms with van der Waals surface area (Å²) in [6, 6.07) is 4.38. The van der Waals surface area contributed by atoms with E-state index in [-0.39, 0.29) is 0 Å². The Morgan fingerprint density at radius 2 is 2.06 bits per heavy atom. The molecule has 0 radical (unpaired) electrons. The van der Waals surface area contributed by atoms with Crippen LogP contribution >= 0.6 is 0 Å². The van der Waals surface area contributed by atoms with Gasteiger partial charge >= 0.3 is 0 Å². The number of nitrogens with two attached hydrogens (primary N) is 1. The van der Waals surface area contributed by atoms with Crippen LogP contribution in [-0.2, 0) is 6.54 Å². The lowest BCUT2D eigenvalue weighted by molar-refractivity contribution is 0.155. The van der Waals surface area contributed by atoms with E-state index in [9.17, 15) is 0 Å². The van der Waals surface area contributed by atoms with E-state index < -0.39 is 0 Å². The zero-order valence-electron chi connectivity index (χ0n) is 10.6. The van der Waals surface area contributed by atoms with Crippen LogP contribution in [0.25, 0.3) is 0 Å². The summed E-state index contributed by atoms with van der Waals surface area (Å²) in [6.07, 6.45) is 4.08. The minimum absolute atomic E-state index is 0.445. The Morgan fingerprint density at radius 3 is 2.50 bits per heavy atom. The number of likely N-dealkylation sites (N-methyl/N-ethyl adjacent to an activating group) is 1. The third-order valence-corrected chi connectivity index (χ3v) is 3.39. The molecule has 0 saturated carbocycles. The molecule has 1 unspecified atom stereocenters. The van der Waals surface area contributed by atoms with Crippen LogP contribution in [0.15, 0.2) is 22.8 Å². The Balaban J connectivity index is 2.58. The van der Waals surface area contributed by atoms with Crippen LogP contribution in [-0.4, -0.2) is 24.5 Å². The minimum Gasteiger partial charge on any atom is -0.468 e. The summed E-state index contributed by atoms with van der Waals surface area (Å²) < 4.78 is 5.36. The molecule has 1 rings (SSSR count). The van der Waals surface area contributed by atoms with Crippen LogP contribution in [0.5, 0.6) is 0 Å². The fraction of sp³-hybridized carbons (Fsp3) is 0.692. The molecule has 1 aromatic rings. The van der Waals surface area contributed by atoms with E-state index in [1.165, 1.54) is 12.8 Å². The summed E-state index contributed by atoms with van der Waals surface area (Å²) in [6.45, 7) is 6.02. The lowest BCUT2D eigenvalue weighted by atomic mass is 9.93. The molecule has 3 heteroatoms. The van der Waals surface area contributed by atoms with Crippen molar-refractivity contribution in [3.05, 3.63) is 24.2 Å². The lowest BCUT2D eigenvalue weighted by Crippen LogP contribution is -2.42. The van der Waals surface area contributed by atoms with Crippen LogP contribution in [0.4, 0.5) is 0 Å². The molecule has 16 heavy (non-hydrogen) atoms. The largest absolute Gasteiger partial charge is 0.468 e. The maximum absolute atomic E-state index is 5.88. The van der Waals surface area contributed by atoms with Crippen LogP contribution in [0.1, 0.15) is 32.4 Å². The van der Waals surface area contributed by atoms with Crippen LogP contribution in [0, 0.1) is 5.92 Å². The molecule has 1 heterocycles. The number of hydrogen-bond donors (Lipinski definition) is 1. The van der Waals surface area contributed by atoms with E-state index in [1.54, 1.807) is 6.26 Å². The van der Waals surface area contributed by atoms with Crippen molar-refractivity contribution in [2.75, 3.05) is 13.6 Å².